The number of carbonyl (C=O) groups excluding carboxylic acids is 2. The van der Waals surface area contributed by atoms with E-state index in [1.54, 1.807) is 36.4 Å². The van der Waals surface area contributed by atoms with E-state index < -0.39 is 21.8 Å². The molecule has 1 saturated heterocycles. The third-order valence-corrected chi connectivity index (χ3v) is 7.59. The molecule has 1 fully saturated rings. The molecule has 2 aromatic rings. The van der Waals surface area contributed by atoms with Crippen LogP contribution in [0.5, 0.6) is 0 Å². The molecule has 9 heteroatoms. The molecule has 7 nitrogen and oxygen atoms in total. The molecule has 2 amide bonds. The highest BCUT2D eigenvalue weighted by Gasteiger charge is 2.29. The molecule has 1 aliphatic rings. The molecule has 0 aromatic heterocycles. The van der Waals surface area contributed by atoms with Gasteiger partial charge < -0.3 is 10.2 Å². The fraction of sp³-hybridized carbons (Fsp3) is 0.286. The summed E-state index contributed by atoms with van der Waals surface area (Å²) in [6.07, 6.45) is 0.392. The number of amides is 2. The van der Waals surface area contributed by atoms with Gasteiger partial charge in [0.05, 0.1) is 29.2 Å². The van der Waals surface area contributed by atoms with Crippen molar-refractivity contribution in [1.82, 2.24) is 10.2 Å². The van der Waals surface area contributed by atoms with Crippen molar-refractivity contribution in [2.24, 2.45) is 0 Å². The van der Waals surface area contributed by atoms with Gasteiger partial charge in [0.1, 0.15) is 6.07 Å². The Morgan fingerprint density at radius 3 is 2.50 bits per heavy atom. The Morgan fingerprint density at radius 2 is 1.83 bits per heavy atom. The number of hydrogen-bond donors (Lipinski definition) is 1. The Morgan fingerprint density at radius 1 is 1.17 bits per heavy atom. The topological polar surface area (TPSA) is 107 Å². The largest absolute Gasteiger partial charge is 0.351 e. The first-order valence-electron chi connectivity index (χ1n) is 9.30. The first-order valence-corrected chi connectivity index (χ1v) is 11.9. The average molecular weight is 444 g/mol. The van der Waals surface area contributed by atoms with Gasteiger partial charge in [0.15, 0.2) is 9.84 Å². The van der Waals surface area contributed by atoms with E-state index in [1.165, 1.54) is 23.7 Å². The van der Waals surface area contributed by atoms with Crippen molar-refractivity contribution in [3.05, 3.63) is 59.7 Å². The molecule has 2 aromatic carbocycles. The predicted molar refractivity (Wildman–Crippen MR) is 114 cm³/mol. The first-order chi connectivity index (χ1) is 14.3. The van der Waals surface area contributed by atoms with Gasteiger partial charge in [0.25, 0.3) is 5.91 Å². The van der Waals surface area contributed by atoms with Crippen molar-refractivity contribution in [2.45, 2.75) is 22.3 Å². The Labute approximate surface area is 180 Å². The fourth-order valence-corrected chi connectivity index (χ4v) is 5.87. The number of nitrogens with zero attached hydrogens (tertiary/aromatic N) is 2. The van der Waals surface area contributed by atoms with Gasteiger partial charge in [-0.25, -0.2) is 8.42 Å². The zero-order valence-corrected chi connectivity index (χ0v) is 18.0. The normalized spacial score (nSPS) is 17.1. The lowest BCUT2D eigenvalue weighted by molar-refractivity contribution is -0.122. The highest BCUT2D eigenvalue weighted by atomic mass is 32.2. The summed E-state index contributed by atoms with van der Waals surface area (Å²) in [5.41, 5.74) is 0.943. The SMILES string of the molecule is CN(CC(=O)N[C@H]1CCS(=O)(=O)C1)C(=O)c1ccccc1Sc1ccccc1C#N. The molecule has 0 bridgehead atoms. The summed E-state index contributed by atoms with van der Waals surface area (Å²) >= 11 is 1.32. The van der Waals surface area contributed by atoms with E-state index >= 15 is 0 Å². The maximum absolute atomic E-state index is 13.0. The van der Waals surface area contributed by atoms with Crippen LogP contribution in [0.3, 0.4) is 0 Å². The van der Waals surface area contributed by atoms with E-state index in [-0.39, 0.29) is 24.0 Å². The van der Waals surface area contributed by atoms with E-state index in [9.17, 15) is 23.3 Å². The zero-order valence-electron chi connectivity index (χ0n) is 16.4. The highest BCUT2D eigenvalue weighted by Crippen LogP contribution is 2.33. The molecule has 1 heterocycles. The molecular weight excluding hydrogens is 422 g/mol. The molecule has 1 atom stereocenters. The second-order valence-corrected chi connectivity index (χ2v) is 10.3. The van der Waals surface area contributed by atoms with Crippen LogP contribution in [0.4, 0.5) is 0 Å². The number of nitrogens with one attached hydrogen (secondary N) is 1. The second kappa shape index (κ2) is 9.32. The van der Waals surface area contributed by atoms with Crippen molar-refractivity contribution in [3.8, 4) is 6.07 Å². The minimum Gasteiger partial charge on any atom is -0.351 e. The average Bonchev–Trinajstić information content (AvgIpc) is 3.06. The second-order valence-electron chi connectivity index (χ2n) is 7.03. The van der Waals surface area contributed by atoms with Gasteiger partial charge >= 0.3 is 0 Å². The molecule has 0 spiro atoms. The number of likely N-dealkylation sites (N-methyl/N-ethyl adjacent to an activating group) is 1. The monoisotopic (exact) mass is 443 g/mol. The number of hydrogen-bond acceptors (Lipinski definition) is 6. The van der Waals surface area contributed by atoms with Gasteiger partial charge in [-0.3, -0.25) is 9.59 Å². The number of nitriles is 1. The fourth-order valence-electron chi connectivity index (χ4n) is 3.17. The minimum absolute atomic E-state index is 0.0613. The quantitative estimate of drug-likeness (QED) is 0.733. The maximum atomic E-state index is 13.0. The predicted octanol–water partition coefficient (Wildman–Crippen LogP) is 2.08. The van der Waals surface area contributed by atoms with E-state index in [1.807, 2.05) is 12.1 Å². The molecule has 0 radical (unpaired) electrons. The lowest BCUT2D eigenvalue weighted by Crippen LogP contribution is -2.43. The maximum Gasteiger partial charge on any atom is 0.255 e. The number of benzene rings is 2. The molecular formula is C21H21N3O4S2. The Hall–Kier alpha value is -2.83. The molecule has 30 heavy (non-hydrogen) atoms. The zero-order chi connectivity index (χ0) is 21.7. The van der Waals surface area contributed by atoms with E-state index in [2.05, 4.69) is 11.4 Å². The van der Waals surface area contributed by atoms with Crippen LogP contribution in [0.15, 0.2) is 58.3 Å². The molecule has 1 N–H and O–H groups in total. The molecule has 0 saturated carbocycles. The summed E-state index contributed by atoms with van der Waals surface area (Å²) < 4.78 is 23.1. The van der Waals surface area contributed by atoms with Gasteiger partial charge in [0.2, 0.25) is 5.91 Å². The van der Waals surface area contributed by atoms with Crippen molar-refractivity contribution in [3.63, 3.8) is 0 Å². The van der Waals surface area contributed by atoms with Crippen LogP contribution in [0.2, 0.25) is 0 Å². The first kappa shape index (κ1) is 21.9. The van der Waals surface area contributed by atoms with Gasteiger partial charge in [-0.15, -0.1) is 0 Å². The summed E-state index contributed by atoms with van der Waals surface area (Å²) in [4.78, 5) is 28.0. The van der Waals surface area contributed by atoms with Gasteiger partial charge in [-0.2, -0.15) is 5.26 Å². The van der Waals surface area contributed by atoms with Gasteiger partial charge in [-0.1, -0.05) is 36.0 Å². The van der Waals surface area contributed by atoms with E-state index in [0.29, 0.717) is 22.4 Å². The van der Waals surface area contributed by atoms with Crippen LogP contribution >= 0.6 is 11.8 Å². The summed E-state index contributed by atoms with van der Waals surface area (Å²) in [6.45, 7) is -0.177. The van der Waals surface area contributed by atoms with Crippen molar-refractivity contribution >= 4 is 33.4 Å². The van der Waals surface area contributed by atoms with E-state index in [0.717, 1.165) is 4.90 Å². The Balaban J connectivity index is 1.69. The van der Waals surface area contributed by atoms with Crippen LogP contribution in [-0.2, 0) is 14.6 Å². The number of sulfone groups is 1. The molecule has 156 valence electrons. The molecule has 1 aliphatic heterocycles. The summed E-state index contributed by atoms with van der Waals surface area (Å²) in [7, 11) is -1.57. The third-order valence-electron chi connectivity index (χ3n) is 4.67. The lowest BCUT2D eigenvalue weighted by atomic mass is 10.2. The van der Waals surface area contributed by atoms with Crippen molar-refractivity contribution in [2.75, 3.05) is 25.1 Å². The van der Waals surface area contributed by atoms with Crippen LogP contribution < -0.4 is 5.32 Å². The molecule has 0 aliphatic carbocycles. The molecule has 3 rings (SSSR count). The van der Waals surface area contributed by atoms with Crippen LogP contribution in [0.1, 0.15) is 22.3 Å². The summed E-state index contributed by atoms with van der Waals surface area (Å²) in [6, 6.07) is 15.9. The third kappa shape index (κ3) is 5.40. The molecule has 0 unspecified atom stereocenters. The highest BCUT2D eigenvalue weighted by molar-refractivity contribution is 7.99. The van der Waals surface area contributed by atoms with Gasteiger partial charge in [0, 0.05) is 22.9 Å². The summed E-state index contributed by atoms with van der Waals surface area (Å²) in [5, 5.41) is 12.0. The van der Waals surface area contributed by atoms with E-state index in [4.69, 9.17) is 0 Å². The van der Waals surface area contributed by atoms with Crippen LogP contribution in [0.25, 0.3) is 0 Å². The smallest absolute Gasteiger partial charge is 0.255 e. The van der Waals surface area contributed by atoms with Crippen molar-refractivity contribution in [1.29, 1.82) is 5.26 Å². The standard InChI is InChI=1S/C21H21N3O4S2/c1-24(13-20(25)23-16-10-11-30(27,28)14-16)21(26)17-7-3-5-9-19(17)29-18-8-4-2-6-15(18)12-22/h2-9,16H,10-11,13-14H2,1H3,(H,23,25)/t16-/m0/s1. The summed E-state index contributed by atoms with van der Waals surface area (Å²) in [5.74, 6) is -0.718. The number of rotatable bonds is 6. The number of carbonyl (C=O) groups is 2. The lowest BCUT2D eigenvalue weighted by Gasteiger charge is -2.20. The van der Waals surface area contributed by atoms with Crippen LogP contribution in [0, 0.1) is 11.3 Å². The van der Waals surface area contributed by atoms with Gasteiger partial charge in [-0.05, 0) is 30.7 Å². The van der Waals surface area contributed by atoms with Crippen LogP contribution in [-0.4, -0.2) is 56.3 Å². The Kier molecular flexibility index (Phi) is 6.80. The Bertz CT molecular complexity index is 1110. The minimum atomic E-state index is -3.09. The van der Waals surface area contributed by atoms with Crippen molar-refractivity contribution < 1.29 is 18.0 Å².